The molecule has 2 heteroatoms. The molecule has 1 heterocycles. The van der Waals surface area contributed by atoms with Gasteiger partial charge in [0.25, 0.3) is 0 Å². The van der Waals surface area contributed by atoms with Crippen LogP contribution in [0.25, 0.3) is 0 Å². The molecule has 1 aromatic rings. The monoisotopic (exact) mass is 149 g/mol. The number of aromatic nitrogens is 1. The van der Waals surface area contributed by atoms with Crippen molar-refractivity contribution in [2.45, 2.75) is 18.8 Å². The molecule has 0 aromatic carbocycles. The fourth-order valence-electron chi connectivity index (χ4n) is 1.17. The number of hydrogen-bond donors (Lipinski definition) is 0. The van der Waals surface area contributed by atoms with Crippen LogP contribution in [-0.2, 0) is 0 Å². The van der Waals surface area contributed by atoms with Crippen molar-refractivity contribution in [2.75, 3.05) is 7.11 Å². The molecule has 0 amide bonds. The second kappa shape index (κ2) is 2.53. The average molecular weight is 149 g/mol. The highest BCUT2D eigenvalue weighted by atomic mass is 16.5. The molecule has 0 radical (unpaired) electrons. The van der Waals surface area contributed by atoms with Crippen LogP contribution in [0, 0.1) is 0 Å². The van der Waals surface area contributed by atoms with Crippen molar-refractivity contribution in [1.29, 1.82) is 0 Å². The molecule has 1 aliphatic carbocycles. The van der Waals surface area contributed by atoms with E-state index in [0.29, 0.717) is 5.88 Å². The minimum absolute atomic E-state index is 0.703. The van der Waals surface area contributed by atoms with E-state index in [4.69, 9.17) is 4.74 Å². The van der Waals surface area contributed by atoms with Gasteiger partial charge in [0, 0.05) is 12.3 Å². The smallest absolute Gasteiger partial charge is 0.212 e. The fourth-order valence-corrected chi connectivity index (χ4v) is 1.17. The Morgan fingerprint density at radius 1 is 1.45 bits per heavy atom. The molecule has 0 N–H and O–H groups in total. The lowest BCUT2D eigenvalue weighted by Gasteiger charge is -1.99. The van der Waals surface area contributed by atoms with Gasteiger partial charge in [0.1, 0.15) is 0 Å². The number of rotatable bonds is 2. The zero-order valence-corrected chi connectivity index (χ0v) is 6.58. The third-order valence-corrected chi connectivity index (χ3v) is 2.02. The van der Waals surface area contributed by atoms with Crippen molar-refractivity contribution in [1.82, 2.24) is 4.98 Å². The SMILES string of the molecule is COc1ccc(C2CC2)cn1. The predicted octanol–water partition coefficient (Wildman–Crippen LogP) is 1.97. The third kappa shape index (κ3) is 1.34. The van der Waals surface area contributed by atoms with E-state index >= 15 is 0 Å². The highest BCUT2D eigenvalue weighted by Gasteiger charge is 2.23. The van der Waals surface area contributed by atoms with E-state index in [-0.39, 0.29) is 0 Å². The lowest BCUT2D eigenvalue weighted by Crippen LogP contribution is -1.87. The number of pyridine rings is 1. The van der Waals surface area contributed by atoms with E-state index in [2.05, 4.69) is 11.1 Å². The summed E-state index contributed by atoms with van der Waals surface area (Å²) in [6.07, 6.45) is 4.57. The molecule has 1 aliphatic rings. The minimum Gasteiger partial charge on any atom is -0.481 e. The van der Waals surface area contributed by atoms with Crippen LogP contribution < -0.4 is 4.74 Å². The van der Waals surface area contributed by atoms with Crippen molar-refractivity contribution in [3.8, 4) is 5.88 Å². The van der Waals surface area contributed by atoms with Crippen LogP contribution in [-0.4, -0.2) is 12.1 Å². The lowest BCUT2D eigenvalue weighted by molar-refractivity contribution is 0.397. The Morgan fingerprint density at radius 3 is 2.73 bits per heavy atom. The topological polar surface area (TPSA) is 22.1 Å². The van der Waals surface area contributed by atoms with Crippen molar-refractivity contribution in [3.63, 3.8) is 0 Å². The summed E-state index contributed by atoms with van der Waals surface area (Å²) in [6, 6.07) is 4.02. The van der Waals surface area contributed by atoms with Crippen LogP contribution in [0.4, 0.5) is 0 Å². The summed E-state index contributed by atoms with van der Waals surface area (Å²) in [5, 5.41) is 0. The van der Waals surface area contributed by atoms with E-state index in [1.165, 1.54) is 18.4 Å². The Balaban J connectivity index is 2.19. The standard InChI is InChI=1S/C9H11NO/c1-11-9-5-4-8(6-10-9)7-2-3-7/h4-7H,2-3H2,1H3. The maximum Gasteiger partial charge on any atom is 0.212 e. The van der Waals surface area contributed by atoms with Crippen LogP contribution in [0.15, 0.2) is 18.3 Å². The summed E-state index contributed by atoms with van der Waals surface area (Å²) in [5.41, 5.74) is 1.35. The first-order chi connectivity index (χ1) is 5.40. The molecule has 0 aliphatic heterocycles. The van der Waals surface area contributed by atoms with Gasteiger partial charge in [-0.3, -0.25) is 0 Å². The van der Waals surface area contributed by atoms with E-state index in [1.54, 1.807) is 7.11 Å². The Morgan fingerprint density at radius 2 is 2.27 bits per heavy atom. The van der Waals surface area contributed by atoms with Crippen LogP contribution in [0.5, 0.6) is 5.88 Å². The van der Waals surface area contributed by atoms with E-state index < -0.39 is 0 Å². The number of methoxy groups -OCH3 is 1. The number of ether oxygens (including phenoxy) is 1. The Bertz CT molecular complexity index is 238. The maximum atomic E-state index is 4.96. The van der Waals surface area contributed by atoms with Gasteiger partial charge < -0.3 is 4.74 Å². The number of nitrogens with zero attached hydrogens (tertiary/aromatic N) is 1. The van der Waals surface area contributed by atoms with Crippen LogP contribution >= 0.6 is 0 Å². The van der Waals surface area contributed by atoms with E-state index in [9.17, 15) is 0 Å². The Hall–Kier alpha value is -1.05. The van der Waals surface area contributed by atoms with Gasteiger partial charge in [-0.05, 0) is 24.3 Å². The molecule has 58 valence electrons. The predicted molar refractivity (Wildman–Crippen MR) is 42.8 cm³/mol. The molecule has 0 unspecified atom stereocenters. The van der Waals surface area contributed by atoms with Gasteiger partial charge >= 0.3 is 0 Å². The van der Waals surface area contributed by atoms with Gasteiger partial charge in [0.15, 0.2) is 0 Å². The van der Waals surface area contributed by atoms with Crippen molar-refractivity contribution in [2.24, 2.45) is 0 Å². The zero-order valence-electron chi connectivity index (χ0n) is 6.58. The van der Waals surface area contributed by atoms with Gasteiger partial charge in [-0.1, -0.05) is 6.07 Å². The van der Waals surface area contributed by atoms with E-state index in [1.807, 2.05) is 12.3 Å². The van der Waals surface area contributed by atoms with Crippen molar-refractivity contribution in [3.05, 3.63) is 23.9 Å². The lowest BCUT2D eigenvalue weighted by atomic mass is 10.2. The van der Waals surface area contributed by atoms with Gasteiger partial charge in [-0.2, -0.15) is 0 Å². The highest BCUT2D eigenvalue weighted by molar-refractivity contribution is 5.24. The molecular formula is C9H11NO. The first-order valence-corrected chi connectivity index (χ1v) is 3.90. The van der Waals surface area contributed by atoms with Crippen LogP contribution in [0.1, 0.15) is 24.3 Å². The molecule has 2 rings (SSSR count). The molecule has 1 saturated carbocycles. The van der Waals surface area contributed by atoms with Gasteiger partial charge in [0.05, 0.1) is 7.11 Å². The average Bonchev–Trinajstić information content (AvgIpc) is 2.87. The third-order valence-electron chi connectivity index (χ3n) is 2.02. The van der Waals surface area contributed by atoms with Gasteiger partial charge in [-0.15, -0.1) is 0 Å². The van der Waals surface area contributed by atoms with Crippen molar-refractivity contribution < 1.29 is 4.74 Å². The summed E-state index contributed by atoms with van der Waals surface area (Å²) in [4.78, 5) is 4.14. The summed E-state index contributed by atoms with van der Waals surface area (Å²) in [6.45, 7) is 0. The molecule has 2 nitrogen and oxygen atoms in total. The van der Waals surface area contributed by atoms with Crippen LogP contribution in [0.3, 0.4) is 0 Å². The molecule has 1 fully saturated rings. The molecule has 0 atom stereocenters. The summed E-state index contributed by atoms with van der Waals surface area (Å²) in [5.74, 6) is 1.49. The number of hydrogen-bond acceptors (Lipinski definition) is 2. The second-order valence-corrected chi connectivity index (χ2v) is 2.91. The first kappa shape index (κ1) is 6.65. The molecule has 11 heavy (non-hydrogen) atoms. The van der Waals surface area contributed by atoms with E-state index in [0.717, 1.165) is 5.92 Å². The summed E-state index contributed by atoms with van der Waals surface area (Å²) < 4.78 is 4.96. The normalized spacial score (nSPS) is 16.5. The maximum absolute atomic E-state index is 4.96. The molecule has 0 bridgehead atoms. The zero-order chi connectivity index (χ0) is 7.68. The summed E-state index contributed by atoms with van der Waals surface area (Å²) >= 11 is 0. The molecule has 1 aromatic heterocycles. The Labute approximate surface area is 66.2 Å². The minimum atomic E-state index is 0.703. The quantitative estimate of drug-likeness (QED) is 0.641. The van der Waals surface area contributed by atoms with Crippen molar-refractivity contribution >= 4 is 0 Å². The van der Waals surface area contributed by atoms with Gasteiger partial charge in [0.2, 0.25) is 5.88 Å². The molecule has 0 spiro atoms. The van der Waals surface area contributed by atoms with Gasteiger partial charge in [-0.25, -0.2) is 4.98 Å². The molecule has 0 saturated heterocycles. The summed E-state index contributed by atoms with van der Waals surface area (Å²) in [7, 11) is 1.64. The Kier molecular flexibility index (Phi) is 1.53. The largest absolute Gasteiger partial charge is 0.481 e. The highest BCUT2D eigenvalue weighted by Crippen LogP contribution is 2.39. The molecular weight excluding hydrogens is 138 g/mol. The van der Waals surface area contributed by atoms with Crippen LogP contribution in [0.2, 0.25) is 0 Å². The second-order valence-electron chi connectivity index (χ2n) is 2.91. The fraction of sp³-hybridized carbons (Fsp3) is 0.444. The first-order valence-electron chi connectivity index (χ1n) is 3.90.